The van der Waals surface area contributed by atoms with Crippen molar-refractivity contribution in [3.63, 3.8) is 0 Å². The van der Waals surface area contributed by atoms with Gasteiger partial charge in [-0.05, 0) is 0 Å². The van der Waals surface area contributed by atoms with Gasteiger partial charge in [0, 0.05) is 0 Å². The van der Waals surface area contributed by atoms with Crippen LogP contribution in [0.2, 0.25) is 0 Å². The van der Waals surface area contributed by atoms with Crippen LogP contribution in [0.1, 0.15) is 32.6 Å². The van der Waals surface area contributed by atoms with E-state index in [4.69, 9.17) is 4.52 Å². The van der Waals surface area contributed by atoms with Gasteiger partial charge in [0.05, 0.1) is 0 Å². The Labute approximate surface area is 163 Å². The van der Waals surface area contributed by atoms with Crippen molar-refractivity contribution in [2.24, 2.45) is 0 Å². The first kappa shape index (κ1) is 18.4. The summed E-state index contributed by atoms with van der Waals surface area (Å²) in [5.74, 6) is 0. The molecule has 0 bridgehead atoms. The van der Waals surface area contributed by atoms with E-state index in [0.717, 1.165) is 0 Å². The predicted molar refractivity (Wildman–Crippen MR) is 119 cm³/mol. The molecular weight excluding hydrogens is 347 g/mol. The zero-order chi connectivity index (χ0) is 18.6. The monoisotopic (exact) mass is 376 g/mol. The summed E-state index contributed by atoms with van der Waals surface area (Å²) in [7, 11) is 0. The number of hydrogen-bond acceptors (Lipinski definition) is 1. The topological polar surface area (TPSA) is 9.23 Å². The van der Waals surface area contributed by atoms with Gasteiger partial charge < -0.3 is 0 Å². The fraction of sp³-hybridized carbons (Fsp3) is 0.280. The molecule has 3 aromatic carbocycles. The Kier molecular flexibility index (Phi) is 5.17. The Hall–Kier alpha value is -1.95. The van der Waals surface area contributed by atoms with Crippen LogP contribution in [0, 0.1) is 0 Å². The van der Waals surface area contributed by atoms with Gasteiger partial charge in [-0.15, -0.1) is 0 Å². The van der Waals surface area contributed by atoms with Crippen molar-refractivity contribution in [1.82, 2.24) is 0 Å². The zero-order valence-electron chi connectivity index (χ0n) is 16.1. The van der Waals surface area contributed by atoms with E-state index >= 15 is 0 Å². The van der Waals surface area contributed by atoms with Gasteiger partial charge in [-0.1, -0.05) is 0 Å². The van der Waals surface area contributed by atoms with Crippen LogP contribution in [-0.2, 0) is 4.52 Å². The molecule has 140 valence electrons. The van der Waals surface area contributed by atoms with Crippen molar-refractivity contribution >= 4 is 22.7 Å². The molecule has 27 heavy (non-hydrogen) atoms. The van der Waals surface area contributed by atoms with Crippen LogP contribution in [0.5, 0.6) is 0 Å². The van der Waals surface area contributed by atoms with Gasteiger partial charge in [0.15, 0.2) is 0 Å². The second-order valence-corrected chi connectivity index (χ2v) is 12.2. The Morgan fingerprint density at radius 2 is 1.04 bits per heavy atom. The summed E-state index contributed by atoms with van der Waals surface area (Å²) >= 11 is 0. The third-order valence-corrected chi connectivity index (χ3v) is 12.9. The molecule has 0 spiro atoms. The van der Waals surface area contributed by atoms with Crippen LogP contribution < -0.4 is 15.9 Å². The van der Waals surface area contributed by atoms with Gasteiger partial charge in [-0.2, -0.15) is 0 Å². The van der Waals surface area contributed by atoms with E-state index in [1.807, 2.05) is 0 Å². The fourth-order valence-corrected chi connectivity index (χ4v) is 12.2. The standard InChI is InChI=1S/C25H29OP/c1-2-26-27(25-20-12-13-21-25,22-14-6-3-7-15-22,23-16-8-4-9-17-23)24-18-10-5-11-19-24/h3-11,14-19,25H,2,12-13,20-21H2,1H3. The van der Waals surface area contributed by atoms with Crippen molar-refractivity contribution in [1.29, 1.82) is 0 Å². The summed E-state index contributed by atoms with van der Waals surface area (Å²) < 4.78 is 7.19. The van der Waals surface area contributed by atoms with Crippen LogP contribution in [0.25, 0.3) is 0 Å². The van der Waals surface area contributed by atoms with Crippen molar-refractivity contribution in [2.45, 2.75) is 38.3 Å². The van der Waals surface area contributed by atoms with E-state index in [9.17, 15) is 0 Å². The van der Waals surface area contributed by atoms with Gasteiger partial charge in [-0.3, -0.25) is 0 Å². The number of hydrogen-bond donors (Lipinski definition) is 0. The van der Waals surface area contributed by atoms with Crippen molar-refractivity contribution < 1.29 is 4.52 Å². The third kappa shape index (κ3) is 2.68. The second-order valence-electron chi connectivity index (χ2n) is 7.46. The van der Waals surface area contributed by atoms with Crippen LogP contribution >= 0.6 is 6.83 Å². The average Bonchev–Trinajstić information content (AvgIpc) is 3.30. The molecule has 0 radical (unpaired) electrons. The summed E-state index contributed by atoms with van der Waals surface area (Å²) in [6.07, 6.45) is 5.05. The number of rotatable bonds is 6. The normalized spacial score (nSPS) is 16.7. The van der Waals surface area contributed by atoms with E-state index in [1.54, 1.807) is 0 Å². The maximum atomic E-state index is 7.19. The maximum absolute atomic E-state index is 7.19. The van der Waals surface area contributed by atoms with Gasteiger partial charge in [0.2, 0.25) is 0 Å². The van der Waals surface area contributed by atoms with E-state index in [0.29, 0.717) is 12.3 Å². The fourth-order valence-electron chi connectivity index (χ4n) is 5.25. The van der Waals surface area contributed by atoms with Crippen LogP contribution in [-0.4, -0.2) is 12.3 Å². The third-order valence-electron chi connectivity index (χ3n) is 6.23. The molecule has 4 rings (SSSR count). The van der Waals surface area contributed by atoms with Gasteiger partial charge in [-0.25, -0.2) is 0 Å². The zero-order valence-corrected chi connectivity index (χ0v) is 17.0. The quantitative estimate of drug-likeness (QED) is 0.523. The van der Waals surface area contributed by atoms with Crippen molar-refractivity contribution in [3.8, 4) is 0 Å². The molecule has 0 amide bonds. The summed E-state index contributed by atoms with van der Waals surface area (Å²) in [6.45, 7) is -0.187. The van der Waals surface area contributed by atoms with Crippen LogP contribution in [0.4, 0.5) is 0 Å². The summed E-state index contributed by atoms with van der Waals surface area (Å²) in [5, 5.41) is 4.11. The molecule has 0 aromatic heterocycles. The molecule has 0 aliphatic heterocycles. The van der Waals surface area contributed by atoms with E-state index in [-0.39, 0.29) is 0 Å². The second kappa shape index (κ2) is 7.58. The molecule has 1 fully saturated rings. The van der Waals surface area contributed by atoms with E-state index in [1.165, 1.54) is 41.6 Å². The number of benzene rings is 3. The molecule has 1 aliphatic carbocycles. The molecule has 1 aliphatic rings. The Bertz CT molecular complexity index is 755. The van der Waals surface area contributed by atoms with E-state index in [2.05, 4.69) is 97.9 Å². The molecule has 0 unspecified atom stereocenters. The first-order chi connectivity index (χ1) is 13.3. The van der Waals surface area contributed by atoms with Gasteiger partial charge in [0.1, 0.15) is 0 Å². The molecule has 0 N–H and O–H groups in total. The summed E-state index contributed by atoms with van der Waals surface area (Å²) in [4.78, 5) is 0. The minimum absolute atomic E-state index is 0.531. The summed E-state index contributed by atoms with van der Waals surface area (Å²) in [6, 6.07) is 33.3. The molecule has 3 aromatic rings. The van der Waals surface area contributed by atoms with E-state index < -0.39 is 6.83 Å². The van der Waals surface area contributed by atoms with Crippen LogP contribution in [0.3, 0.4) is 0 Å². The summed E-state index contributed by atoms with van der Waals surface area (Å²) in [5.41, 5.74) is 0.531. The molecule has 0 atom stereocenters. The minimum atomic E-state index is -3.06. The molecule has 1 saturated carbocycles. The Morgan fingerprint density at radius 3 is 1.37 bits per heavy atom. The molecule has 2 heteroatoms. The first-order valence-corrected chi connectivity index (χ1v) is 12.4. The Balaban J connectivity index is 2.18. The molecule has 0 saturated heterocycles. The SMILES string of the molecule is CCOP(c1ccccc1)(c1ccccc1)(c1ccccc1)C1CCCC1. The molecule has 1 nitrogen and oxygen atoms in total. The van der Waals surface area contributed by atoms with Gasteiger partial charge >= 0.3 is 163 Å². The van der Waals surface area contributed by atoms with Crippen LogP contribution in [0.15, 0.2) is 91.0 Å². The predicted octanol–water partition coefficient (Wildman–Crippen LogP) is 5.41. The van der Waals surface area contributed by atoms with Gasteiger partial charge in [0.25, 0.3) is 0 Å². The molecular formula is C25H29OP. The Morgan fingerprint density at radius 1 is 0.667 bits per heavy atom. The van der Waals surface area contributed by atoms with Crippen molar-refractivity contribution in [3.05, 3.63) is 91.0 Å². The first-order valence-electron chi connectivity index (χ1n) is 10.2. The average molecular weight is 376 g/mol. The molecule has 0 heterocycles. The van der Waals surface area contributed by atoms with Crippen molar-refractivity contribution in [2.75, 3.05) is 6.61 Å².